The van der Waals surface area contributed by atoms with Crippen molar-refractivity contribution in [2.75, 3.05) is 24.6 Å². The van der Waals surface area contributed by atoms with E-state index in [1.807, 2.05) is 19.9 Å². The molecule has 114 valence electrons. The second-order valence-corrected chi connectivity index (χ2v) is 5.63. The molecule has 2 unspecified atom stereocenters. The van der Waals surface area contributed by atoms with Gasteiger partial charge in [-0.1, -0.05) is 6.92 Å². The molecule has 0 aliphatic carbocycles. The Balaban J connectivity index is 1.80. The molecule has 0 amide bonds. The third-order valence-corrected chi connectivity index (χ3v) is 4.30. The van der Waals surface area contributed by atoms with Gasteiger partial charge in [-0.15, -0.1) is 0 Å². The monoisotopic (exact) mass is 290 g/mol. The van der Waals surface area contributed by atoms with Gasteiger partial charge in [0, 0.05) is 31.4 Å². The molecule has 0 aromatic carbocycles. The quantitative estimate of drug-likeness (QED) is 0.819. The number of rotatable bonds is 5. The number of ether oxygens (including phenoxy) is 1. The first-order valence-corrected chi connectivity index (χ1v) is 7.72. The summed E-state index contributed by atoms with van der Waals surface area (Å²) in [7, 11) is 0. The number of aromatic nitrogens is 2. The van der Waals surface area contributed by atoms with E-state index in [1.165, 1.54) is 6.42 Å². The summed E-state index contributed by atoms with van der Waals surface area (Å²) in [6.07, 6.45) is 3.57. The number of piperazine rings is 1. The van der Waals surface area contributed by atoms with Crippen LogP contribution in [0, 0.1) is 0 Å². The molecule has 3 atom stereocenters. The first-order valence-electron chi connectivity index (χ1n) is 7.72. The molecule has 2 aliphatic heterocycles. The second-order valence-electron chi connectivity index (χ2n) is 5.63. The largest absolute Gasteiger partial charge is 0.465 e. The lowest BCUT2D eigenvalue weighted by Gasteiger charge is -2.28. The number of esters is 1. The van der Waals surface area contributed by atoms with E-state index in [-0.39, 0.29) is 11.9 Å². The molecule has 1 aromatic rings. The number of carbonyl (C=O) groups is 1. The lowest BCUT2D eigenvalue weighted by molar-refractivity contribution is -0.145. The van der Waals surface area contributed by atoms with Crippen LogP contribution in [0.25, 0.3) is 0 Å². The van der Waals surface area contributed by atoms with Crippen LogP contribution in [-0.2, 0) is 9.53 Å². The fourth-order valence-electron chi connectivity index (χ4n) is 3.23. The molecular formula is C15H22N4O2. The van der Waals surface area contributed by atoms with E-state index in [0.29, 0.717) is 30.9 Å². The fraction of sp³-hybridized carbons (Fsp3) is 0.667. The number of hydrogen-bond acceptors (Lipinski definition) is 6. The zero-order chi connectivity index (χ0) is 14.8. The Bertz CT molecular complexity index is 522. The van der Waals surface area contributed by atoms with Crippen LogP contribution in [0.5, 0.6) is 0 Å². The third kappa shape index (κ3) is 2.72. The molecule has 1 aromatic heterocycles. The van der Waals surface area contributed by atoms with Crippen molar-refractivity contribution >= 4 is 11.8 Å². The zero-order valence-electron chi connectivity index (χ0n) is 12.6. The zero-order valence-corrected chi connectivity index (χ0v) is 12.6. The lowest BCUT2D eigenvalue weighted by Crippen LogP contribution is -2.44. The molecular weight excluding hydrogens is 268 g/mol. The van der Waals surface area contributed by atoms with E-state index in [9.17, 15) is 4.79 Å². The molecule has 2 bridgehead atoms. The van der Waals surface area contributed by atoms with Crippen LogP contribution in [0.4, 0.5) is 5.82 Å². The van der Waals surface area contributed by atoms with Crippen LogP contribution >= 0.6 is 0 Å². The van der Waals surface area contributed by atoms with Gasteiger partial charge in [0.1, 0.15) is 17.6 Å². The van der Waals surface area contributed by atoms with Gasteiger partial charge in [-0.25, -0.2) is 9.97 Å². The number of anilines is 1. The maximum absolute atomic E-state index is 12.0. The average Bonchev–Trinajstić information content (AvgIpc) is 3.11. The predicted octanol–water partition coefficient (Wildman–Crippen LogP) is 1.08. The molecule has 21 heavy (non-hydrogen) atoms. The minimum Gasteiger partial charge on any atom is -0.465 e. The minimum absolute atomic E-state index is 0.234. The van der Waals surface area contributed by atoms with Gasteiger partial charge in [0.15, 0.2) is 0 Å². The molecule has 3 rings (SSSR count). The van der Waals surface area contributed by atoms with E-state index in [4.69, 9.17) is 4.74 Å². The molecule has 2 saturated heterocycles. The lowest BCUT2D eigenvalue weighted by atomic mass is 10.1. The number of fused-ring (bicyclic) bond motifs is 2. The van der Waals surface area contributed by atoms with Crippen LogP contribution in [0.2, 0.25) is 0 Å². The standard InChI is InChI=1S/C15H22N4O2/c1-3-12(15(20)21-4-2)14-16-6-5-13(18-14)19-9-10-7-11(19)8-17-10/h5-6,10-12,17H,3-4,7-9H2,1-2H3/t10?,11-,12?/m1/s1. The molecule has 0 saturated carbocycles. The van der Waals surface area contributed by atoms with Crippen molar-refractivity contribution < 1.29 is 9.53 Å². The smallest absolute Gasteiger partial charge is 0.316 e. The maximum Gasteiger partial charge on any atom is 0.316 e. The Kier molecular flexibility index (Phi) is 4.05. The molecule has 1 N–H and O–H groups in total. The summed E-state index contributed by atoms with van der Waals surface area (Å²) >= 11 is 0. The molecule has 2 aliphatic rings. The highest BCUT2D eigenvalue weighted by Gasteiger charge is 2.38. The topological polar surface area (TPSA) is 67.3 Å². The fourth-order valence-corrected chi connectivity index (χ4v) is 3.23. The van der Waals surface area contributed by atoms with Gasteiger partial charge >= 0.3 is 5.97 Å². The number of carbonyl (C=O) groups excluding carboxylic acids is 1. The molecule has 0 radical (unpaired) electrons. The van der Waals surface area contributed by atoms with E-state index in [0.717, 1.165) is 18.9 Å². The SMILES string of the molecule is CCOC(=O)C(CC)c1nccc(N2CC3C[C@@H]2CN3)n1. The second kappa shape index (κ2) is 5.97. The van der Waals surface area contributed by atoms with Crippen LogP contribution in [-0.4, -0.2) is 47.7 Å². The van der Waals surface area contributed by atoms with Gasteiger partial charge in [-0.2, -0.15) is 0 Å². The molecule has 6 nitrogen and oxygen atoms in total. The molecule has 2 fully saturated rings. The van der Waals surface area contributed by atoms with Crippen molar-refractivity contribution in [1.82, 2.24) is 15.3 Å². The van der Waals surface area contributed by atoms with Gasteiger partial charge in [0.25, 0.3) is 0 Å². The summed E-state index contributed by atoms with van der Waals surface area (Å²) < 4.78 is 5.12. The van der Waals surface area contributed by atoms with Gasteiger partial charge in [-0.3, -0.25) is 4.79 Å². The Morgan fingerprint density at radius 1 is 1.57 bits per heavy atom. The predicted molar refractivity (Wildman–Crippen MR) is 79.2 cm³/mol. The van der Waals surface area contributed by atoms with E-state index in [2.05, 4.69) is 20.2 Å². The maximum atomic E-state index is 12.0. The van der Waals surface area contributed by atoms with Gasteiger partial charge in [0.2, 0.25) is 0 Å². The average molecular weight is 290 g/mol. The number of hydrogen-bond donors (Lipinski definition) is 1. The summed E-state index contributed by atoms with van der Waals surface area (Å²) in [5, 5.41) is 3.48. The summed E-state index contributed by atoms with van der Waals surface area (Å²) in [5.74, 6) is 0.894. The van der Waals surface area contributed by atoms with Crippen LogP contribution in [0.15, 0.2) is 12.3 Å². The van der Waals surface area contributed by atoms with E-state index in [1.54, 1.807) is 6.20 Å². The van der Waals surface area contributed by atoms with E-state index < -0.39 is 0 Å². The third-order valence-electron chi connectivity index (χ3n) is 4.30. The Morgan fingerprint density at radius 2 is 2.43 bits per heavy atom. The minimum atomic E-state index is -0.372. The normalized spacial score (nSPS) is 25.1. The Morgan fingerprint density at radius 3 is 3.05 bits per heavy atom. The van der Waals surface area contributed by atoms with E-state index >= 15 is 0 Å². The van der Waals surface area contributed by atoms with Crippen molar-refractivity contribution in [3.05, 3.63) is 18.1 Å². The van der Waals surface area contributed by atoms with Gasteiger partial charge in [0.05, 0.1) is 6.61 Å². The summed E-state index contributed by atoms with van der Waals surface area (Å²) in [4.78, 5) is 23.3. The number of nitrogens with zero attached hydrogens (tertiary/aromatic N) is 3. The highest BCUT2D eigenvalue weighted by molar-refractivity contribution is 5.77. The summed E-state index contributed by atoms with van der Waals surface area (Å²) in [5.41, 5.74) is 0. The van der Waals surface area contributed by atoms with Crippen molar-refractivity contribution in [2.24, 2.45) is 0 Å². The number of nitrogens with one attached hydrogen (secondary N) is 1. The van der Waals surface area contributed by atoms with Crippen LogP contribution in [0.3, 0.4) is 0 Å². The van der Waals surface area contributed by atoms with Crippen LogP contribution in [0.1, 0.15) is 38.4 Å². The van der Waals surface area contributed by atoms with Crippen molar-refractivity contribution in [3.8, 4) is 0 Å². The van der Waals surface area contributed by atoms with Gasteiger partial charge in [-0.05, 0) is 25.8 Å². The Hall–Kier alpha value is -1.69. The van der Waals surface area contributed by atoms with Gasteiger partial charge < -0.3 is 15.0 Å². The molecule has 6 heteroatoms. The highest BCUT2D eigenvalue weighted by Crippen LogP contribution is 2.29. The summed E-state index contributed by atoms with van der Waals surface area (Å²) in [6.45, 7) is 6.15. The molecule has 0 spiro atoms. The van der Waals surface area contributed by atoms with Crippen molar-refractivity contribution in [3.63, 3.8) is 0 Å². The molecule has 3 heterocycles. The van der Waals surface area contributed by atoms with Crippen LogP contribution < -0.4 is 10.2 Å². The highest BCUT2D eigenvalue weighted by atomic mass is 16.5. The first kappa shape index (κ1) is 14.3. The summed E-state index contributed by atoms with van der Waals surface area (Å²) in [6, 6.07) is 3.02. The Labute approximate surface area is 124 Å². The van der Waals surface area contributed by atoms with Crippen molar-refractivity contribution in [1.29, 1.82) is 0 Å². The van der Waals surface area contributed by atoms with Crippen molar-refractivity contribution in [2.45, 2.75) is 44.7 Å². The first-order chi connectivity index (χ1) is 10.2.